The summed E-state index contributed by atoms with van der Waals surface area (Å²) in [6.45, 7) is 0.913. The molecule has 78 valence electrons. The molecule has 0 fully saturated rings. The van der Waals surface area contributed by atoms with Gasteiger partial charge in [0, 0.05) is 13.0 Å². The van der Waals surface area contributed by atoms with E-state index in [1.165, 1.54) is 19.3 Å². The Morgan fingerprint density at radius 3 is 2.86 bits per heavy atom. The van der Waals surface area contributed by atoms with Gasteiger partial charge in [-0.25, -0.2) is 4.99 Å². The zero-order valence-electron chi connectivity index (χ0n) is 8.63. The van der Waals surface area contributed by atoms with Crippen LogP contribution < -0.4 is 11.1 Å². The van der Waals surface area contributed by atoms with Crippen molar-refractivity contribution in [3.8, 4) is 12.3 Å². The molecule has 3 N–H and O–H groups in total. The van der Waals surface area contributed by atoms with Crippen LogP contribution in [0.2, 0.25) is 0 Å². The molecule has 1 aliphatic heterocycles. The van der Waals surface area contributed by atoms with Crippen LogP contribution in [0.3, 0.4) is 0 Å². The van der Waals surface area contributed by atoms with Crippen molar-refractivity contribution in [1.82, 2.24) is 5.32 Å². The lowest BCUT2D eigenvalue weighted by Crippen LogP contribution is -2.27. The largest absolute Gasteiger partial charge is 0.370 e. The highest BCUT2D eigenvalue weighted by atomic mass is 15.2. The Morgan fingerprint density at radius 1 is 1.43 bits per heavy atom. The maximum atomic E-state index is 5.51. The van der Waals surface area contributed by atoms with E-state index in [4.69, 9.17) is 12.2 Å². The van der Waals surface area contributed by atoms with E-state index in [1.807, 2.05) is 0 Å². The van der Waals surface area contributed by atoms with E-state index in [0.717, 1.165) is 25.8 Å². The summed E-state index contributed by atoms with van der Waals surface area (Å²) in [6.07, 6.45) is 12.1. The molecule has 1 unspecified atom stereocenters. The predicted octanol–water partition coefficient (Wildman–Crippen LogP) is 1.25. The predicted molar refractivity (Wildman–Crippen MR) is 59.9 cm³/mol. The monoisotopic (exact) mass is 193 g/mol. The minimum atomic E-state index is 0.405. The summed E-state index contributed by atoms with van der Waals surface area (Å²) >= 11 is 0. The lowest BCUT2D eigenvalue weighted by Gasteiger charge is -2.04. The van der Waals surface area contributed by atoms with Crippen molar-refractivity contribution in [2.75, 3.05) is 6.54 Å². The van der Waals surface area contributed by atoms with Crippen molar-refractivity contribution in [2.24, 2.45) is 10.7 Å². The van der Waals surface area contributed by atoms with Gasteiger partial charge in [0.25, 0.3) is 0 Å². The molecule has 0 saturated heterocycles. The second-order valence-electron chi connectivity index (χ2n) is 3.71. The Bertz CT molecular complexity index is 227. The van der Waals surface area contributed by atoms with Gasteiger partial charge in [-0.2, -0.15) is 0 Å². The molecule has 1 heterocycles. The zero-order valence-corrected chi connectivity index (χ0v) is 8.63. The number of hydrogen-bond acceptors (Lipinski definition) is 3. The highest BCUT2D eigenvalue weighted by molar-refractivity contribution is 5.79. The minimum absolute atomic E-state index is 0.405. The molecule has 1 aliphatic rings. The molecule has 0 radical (unpaired) electrons. The van der Waals surface area contributed by atoms with E-state index < -0.39 is 0 Å². The lowest BCUT2D eigenvalue weighted by atomic mass is 10.1. The molecule has 0 saturated carbocycles. The van der Waals surface area contributed by atoms with Crippen LogP contribution in [-0.2, 0) is 0 Å². The SMILES string of the molecule is C#CCCCCCCC1CNC(N)=N1. The van der Waals surface area contributed by atoms with E-state index >= 15 is 0 Å². The summed E-state index contributed by atoms with van der Waals surface area (Å²) in [5.74, 6) is 3.26. The van der Waals surface area contributed by atoms with Crippen molar-refractivity contribution in [1.29, 1.82) is 0 Å². The van der Waals surface area contributed by atoms with Crippen LogP contribution in [0, 0.1) is 12.3 Å². The van der Waals surface area contributed by atoms with E-state index in [2.05, 4.69) is 16.2 Å². The van der Waals surface area contributed by atoms with Gasteiger partial charge in [0.1, 0.15) is 0 Å². The average molecular weight is 193 g/mol. The third-order valence-electron chi connectivity index (χ3n) is 2.45. The molecule has 0 aromatic rings. The smallest absolute Gasteiger partial charge is 0.189 e. The number of hydrogen-bond donors (Lipinski definition) is 2. The third kappa shape index (κ3) is 4.18. The van der Waals surface area contributed by atoms with Crippen molar-refractivity contribution in [3.05, 3.63) is 0 Å². The van der Waals surface area contributed by atoms with Crippen molar-refractivity contribution in [2.45, 2.75) is 44.6 Å². The normalized spacial score (nSPS) is 19.9. The Hall–Kier alpha value is -1.17. The molecular formula is C11H19N3. The fourth-order valence-electron chi connectivity index (χ4n) is 1.64. The van der Waals surface area contributed by atoms with Crippen LogP contribution >= 0.6 is 0 Å². The summed E-state index contributed by atoms with van der Waals surface area (Å²) in [5, 5.41) is 3.03. The van der Waals surface area contributed by atoms with Gasteiger partial charge in [-0.05, 0) is 12.8 Å². The van der Waals surface area contributed by atoms with Crippen LogP contribution in [0.4, 0.5) is 0 Å². The lowest BCUT2D eigenvalue weighted by molar-refractivity contribution is 0.557. The fourth-order valence-corrected chi connectivity index (χ4v) is 1.64. The van der Waals surface area contributed by atoms with Gasteiger partial charge >= 0.3 is 0 Å². The number of aliphatic imine (C=N–C) groups is 1. The van der Waals surface area contributed by atoms with Crippen LogP contribution in [0.1, 0.15) is 38.5 Å². The van der Waals surface area contributed by atoms with Crippen molar-refractivity contribution >= 4 is 5.96 Å². The topological polar surface area (TPSA) is 50.4 Å². The van der Waals surface area contributed by atoms with Gasteiger partial charge in [-0.15, -0.1) is 12.3 Å². The summed E-state index contributed by atoms with van der Waals surface area (Å²) < 4.78 is 0. The first-order valence-electron chi connectivity index (χ1n) is 5.33. The summed E-state index contributed by atoms with van der Waals surface area (Å²) in [4.78, 5) is 4.27. The average Bonchev–Trinajstić information content (AvgIpc) is 2.58. The Morgan fingerprint density at radius 2 is 2.21 bits per heavy atom. The number of nitrogens with zero attached hydrogens (tertiary/aromatic N) is 1. The highest BCUT2D eigenvalue weighted by Gasteiger charge is 2.13. The molecule has 3 heteroatoms. The van der Waals surface area contributed by atoms with Gasteiger partial charge in [-0.1, -0.05) is 19.3 Å². The zero-order chi connectivity index (χ0) is 10.2. The molecule has 3 nitrogen and oxygen atoms in total. The van der Waals surface area contributed by atoms with Gasteiger partial charge in [-0.3, -0.25) is 0 Å². The van der Waals surface area contributed by atoms with E-state index in [0.29, 0.717) is 12.0 Å². The van der Waals surface area contributed by atoms with Crippen LogP contribution in [0.5, 0.6) is 0 Å². The van der Waals surface area contributed by atoms with Crippen molar-refractivity contribution < 1.29 is 0 Å². The standard InChI is InChI=1S/C11H19N3/c1-2-3-4-5-6-7-8-10-9-13-11(12)14-10/h1,10H,3-9H2,(H3,12,13,14). The van der Waals surface area contributed by atoms with Gasteiger partial charge in [0.05, 0.1) is 6.04 Å². The molecule has 0 bridgehead atoms. The van der Waals surface area contributed by atoms with Crippen LogP contribution in [0.25, 0.3) is 0 Å². The van der Waals surface area contributed by atoms with Crippen molar-refractivity contribution in [3.63, 3.8) is 0 Å². The number of terminal acetylenes is 1. The molecular weight excluding hydrogens is 174 g/mol. The molecule has 0 aromatic heterocycles. The molecule has 0 aromatic carbocycles. The quantitative estimate of drug-likeness (QED) is 0.492. The molecule has 1 atom stereocenters. The molecule has 0 aliphatic carbocycles. The number of nitrogens with two attached hydrogens (primary N) is 1. The Kier molecular flexibility index (Phi) is 4.92. The number of guanidine groups is 1. The third-order valence-corrected chi connectivity index (χ3v) is 2.45. The number of unbranched alkanes of at least 4 members (excludes halogenated alkanes) is 4. The summed E-state index contributed by atoms with van der Waals surface area (Å²) in [6, 6.07) is 0.405. The Balaban J connectivity index is 1.92. The molecule has 1 rings (SSSR count). The van der Waals surface area contributed by atoms with Gasteiger partial charge in [0.15, 0.2) is 5.96 Å². The van der Waals surface area contributed by atoms with Crippen LogP contribution in [-0.4, -0.2) is 18.5 Å². The highest BCUT2D eigenvalue weighted by Crippen LogP contribution is 2.10. The second-order valence-corrected chi connectivity index (χ2v) is 3.71. The summed E-state index contributed by atoms with van der Waals surface area (Å²) in [5.41, 5.74) is 5.51. The second kappa shape index (κ2) is 6.31. The molecule has 0 spiro atoms. The first-order valence-corrected chi connectivity index (χ1v) is 5.33. The molecule has 0 amide bonds. The minimum Gasteiger partial charge on any atom is -0.370 e. The summed E-state index contributed by atoms with van der Waals surface area (Å²) in [7, 11) is 0. The van der Waals surface area contributed by atoms with E-state index in [9.17, 15) is 0 Å². The fraction of sp³-hybridized carbons (Fsp3) is 0.727. The number of rotatable bonds is 6. The molecule has 14 heavy (non-hydrogen) atoms. The van der Waals surface area contributed by atoms with E-state index in [-0.39, 0.29) is 0 Å². The maximum absolute atomic E-state index is 5.51. The van der Waals surface area contributed by atoms with Crippen LogP contribution in [0.15, 0.2) is 4.99 Å². The van der Waals surface area contributed by atoms with E-state index in [1.54, 1.807) is 0 Å². The van der Waals surface area contributed by atoms with Gasteiger partial charge in [0.2, 0.25) is 0 Å². The first kappa shape index (κ1) is 10.9. The maximum Gasteiger partial charge on any atom is 0.189 e. The van der Waals surface area contributed by atoms with Gasteiger partial charge < -0.3 is 11.1 Å². The first-order chi connectivity index (χ1) is 6.83. The number of nitrogens with one attached hydrogen (secondary N) is 1. The Labute approximate surface area is 86.2 Å².